The Morgan fingerprint density at radius 3 is 2.74 bits per heavy atom. The molecular weight excluding hydrogens is 243 g/mol. The fraction of sp³-hybridized carbons (Fsp3) is 0.533. The summed E-state index contributed by atoms with van der Waals surface area (Å²) >= 11 is 0. The Morgan fingerprint density at radius 2 is 2.11 bits per heavy atom. The van der Waals surface area contributed by atoms with Crippen LogP contribution in [0.1, 0.15) is 31.2 Å². The fourth-order valence-corrected chi connectivity index (χ4v) is 2.68. The third kappa shape index (κ3) is 2.78. The molecule has 1 amide bonds. The molecule has 1 aromatic rings. The van der Waals surface area contributed by atoms with Crippen molar-refractivity contribution in [2.75, 3.05) is 6.54 Å². The molecule has 1 aliphatic heterocycles. The molecule has 0 spiro atoms. The maximum atomic E-state index is 13.7. The lowest BCUT2D eigenvalue weighted by molar-refractivity contribution is -0.134. The first kappa shape index (κ1) is 12.6. The minimum Gasteiger partial charge on any atom is -0.334 e. The lowest BCUT2D eigenvalue weighted by atomic mass is 10.1. The largest absolute Gasteiger partial charge is 0.334 e. The molecule has 1 N–H and O–H groups in total. The van der Waals surface area contributed by atoms with Gasteiger partial charge in [-0.15, -0.1) is 0 Å². The molecule has 1 aliphatic carbocycles. The van der Waals surface area contributed by atoms with E-state index in [1.165, 1.54) is 6.07 Å². The molecule has 3 rings (SSSR count). The summed E-state index contributed by atoms with van der Waals surface area (Å²) in [5.41, 5.74) is 0.612. The van der Waals surface area contributed by atoms with Gasteiger partial charge in [-0.2, -0.15) is 0 Å². The Balaban J connectivity index is 1.74. The monoisotopic (exact) mass is 262 g/mol. The Hall–Kier alpha value is -1.42. The zero-order valence-corrected chi connectivity index (χ0v) is 10.9. The smallest absolute Gasteiger partial charge is 0.240 e. The summed E-state index contributed by atoms with van der Waals surface area (Å²) in [6.45, 7) is 1.31. The number of carbonyl (C=O) groups is 1. The molecule has 19 heavy (non-hydrogen) atoms. The summed E-state index contributed by atoms with van der Waals surface area (Å²) in [4.78, 5) is 14.3. The number of hydrogen-bond donors (Lipinski definition) is 1. The van der Waals surface area contributed by atoms with Crippen LogP contribution in [0.3, 0.4) is 0 Å². The zero-order chi connectivity index (χ0) is 13.2. The fourth-order valence-electron chi connectivity index (χ4n) is 2.68. The standard InChI is InChI=1S/C15H19FN2O/c16-13-5-2-1-4-11(13)10-18(12-7-8-12)15(19)14-6-3-9-17-14/h1-2,4-5,12,14,17H,3,6-10H2/t14-/m0/s1. The first-order valence-electron chi connectivity index (χ1n) is 7.03. The minimum absolute atomic E-state index is 0.0626. The molecule has 4 heteroatoms. The van der Waals surface area contributed by atoms with Gasteiger partial charge in [0.15, 0.2) is 0 Å². The van der Waals surface area contributed by atoms with E-state index >= 15 is 0 Å². The first-order chi connectivity index (χ1) is 9.25. The van der Waals surface area contributed by atoms with E-state index in [1.54, 1.807) is 12.1 Å². The van der Waals surface area contributed by atoms with E-state index in [2.05, 4.69) is 5.32 Å². The second-order valence-corrected chi connectivity index (χ2v) is 5.44. The quantitative estimate of drug-likeness (QED) is 0.901. The molecule has 0 radical (unpaired) electrons. The van der Waals surface area contributed by atoms with Gasteiger partial charge in [0.05, 0.1) is 6.04 Å². The van der Waals surface area contributed by atoms with Crippen LogP contribution in [0.2, 0.25) is 0 Å². The topological polar surface area (TPSA) is 32.3 Å². The summed E-state index contributed by atoms with van der Waals surface area (Å²) in [6.07, 6.45) is 4.05. The number of nitrogens with one attached hydrogen (secondary N) is 1. The van der Waals surface area contributed by atoms with Crippen molar-refractivity contribution in [3.05, 3.63) is 35.6 Å². The lowest BCUT2D eigenvalue weighted by Gasteiger charge is -2.26. The van der Waals surface area contributed by atoms with Gasteiger partial charge >= 0.3 is 0 Å². The van der Waals surface area contributed by atoms with Crippen molar-refractivity contribution in [2.24, 2.45) is 0 Å². The van der Waals surface area contributed by atoms with Crippen molar-refractivity contribution in [3.63, 3.8) is 0 Å². The number of benzene rings is 1. The highest BCUT2D eigenvalue weighted by Gasteiger charge is 2.36. The van der Waals surface area contributed by atoms with Gasteiger partial charge in [-0.25, -0.2) is 4.39 Å². The summed E-state index contributed by atoms with van der Waals surface area (Å²) in [5, 5.41) is 3.23. The van der Waals surface area contributed by atoms with Crippen LogP contribution in [0, 0.1) is 5.82 Å². The molecule has 1 atom stereocenters. The SMILES string of the molecule is O=C([C@@H]1CCCN1)N(Cc1ccccc1F)C1CC1. The van der Waals surface area contributed by atoms with Crippen molar-refractivity contribution in [2.45, 2.75) is 44.3 Å². The maximum absolute atomic E-state index is 13.7. The van der Waals surface area contributed by atoms with Crippen LogP contribution in [0.25, 0.3) is 0 Å². The van der Waals surface area contributed by atoms with Crippen molar-refractivity contribution in [1.82, 2.24) is 10.2 Å². The summed E-state index contributed by atoms with van der Waals surface area (Å²) in [7, 11) is 0. The molecule has 0 bridgehead atoms. The first-order valence-corrected chi connectivity index (χ1v) is 7.03. The van der Waals surface area contributed by atoms with Gasteiger partial charge in [-0.3, -0.25) is 4.79 Å². The number of halogens is 1. The number of amides is 1. The van der Waals surface area contributed by atoms with Crippen molar-refractivity contribution in [3.8, 4) is 0 Å². The van der Waals surface area contributed by atoms with Crippen LogP contribution < -0.4 is 5.32 Å². The van der Waals surface area contributed by atoms with Crippen molar-refractivity contribution < 1.29 is 9.18 Å². The van der Waals surface area contributed by atoms with E-state index in [4.69, 9.17) is 0 Å². The second kappa shape index (κ2) is 5.29. The van der Waals surface area contributed by atoms with Gasteiger partial charge in [-0.1, -0.05) is 18.2 Å². The number of rotatable bonds is 4. The number of hydrogen-bond acceptors (Lipinski definition) is 2. The van der Waals surface area contributed by atoms with E-state index in [-0.39, 0.29) is 17.8 Å². The molecule has 1 aromatic carbocycles. The Kier molecular flexibility index (Phi) is 3.51. The lowest BCUT2D eigenvalue weighted by Crippen LogP contribution is -2.44. The number of carbonyl (C=O) groups excluding carboxylic acids is 1. The van der Waals surface area contributed by atoms with Gasteiger partial charge in [0, 0.05) is 18.2 Å². The molecule has 0 aromatic heterocycles. The van der Waals surface area contributed by atoms with Crippen LogP contribution in [-0.2, 0) is 11.3 Å². The van der Waals surface area contributed by atoms with Crippen molar-refractivity contribution >= 4 is 5.91 Å². The third-order valence-electron chi connectivity index (χ3n) is 3.93. The van der Waals surface area contributed by atoms with Crippen molar-refractivity contribution in [1.29, 1.82) is 0 Å². The van der Waals surface area contributed by atoms with Crippen LogP contribution in [-0.4, -0.2) is 29.4 Å². The molecule has 0 unspecified atom stereocenters. The highest BCUT2D eigenvalue weighted by molar-refractivity contribution is 5.82. The van der Waals surface area contributed by atoms with Crippen LogP contribution in [0.15, 0.2) is 24.3 Å². The van der Waals surface area contributed by atoms with E-state index < -0.39 is 0 Å². The highest BCUT2D eigenvalue weighted by atomic mass is 19.1. The van der Waals surface area contributed by atoms with Gasteiger partial charge in [0.1, 0.15) is 5.82 Å². The molecule has 1 heterocycles. The number of nitrogens with zero attached hydrogens (tertiary/aromatic N) is 1. The van der Waals surface area contributed by atoms with E-state index in [9.17, 15) is 9.18 Å². The van der Waals surface area contributed by atoms with Gasteiger partial charge < -0.3 is 10.2 Å². The zero-order valence-electron chi connectivity index (χ0n) is 10.9. The van der Waals surface area contributed by atoms with Crippen LogP contribution in [0.5, 0.6) is 0 Å². The van der Waals surface area contributed by atoms with E-state index in [0.717, 1.165) is 32.2 Å². The predicted molar refractivity (Wildman–Crippen MR) is 71.0 cm³/mol. The average Bonchev–Trinajstić information content (AvgIpc) is 3.11. The van der Waals surface area contributed by atoms with Gasteiger partial charge in [0.2, 0.25) is 5.91 Å². The Morgan fingerprint density at radius 1 is 1.32 bits per heavy atom. The molecular formula is C15H19FN2O. The third-order valence-corrected chi connectivity index (χ3v) is 3.93. The molecule has 3 nitrogen and oxygen atoms in total. The average molecular weight is 262 g/mol. The molecule has 1 saturated heterocycles. The summed E-state index contributed by atoms with van der Waals surface area (Å²) < 4.78 is 13.7. The second-order valence-electron chi connectivity index (χ2n) is 5.44. The van der Waals surface area contributed by atoms with Crippen LogP contribution in [0.4, 0.5) is 4.39 Å². The summed E-state index contributed by atoms with van der Waals surface area (Å²) in [5.74, 6) is -0.0800. The van der Waals surface area contributed by atoms with E-state index in [0.29, 0.717) is 18.2 Å². The molecule has 102 valence electrons. The predicted octanol–water partition coefficient (Wildman–Crippen LogP) is 2.07. The highest BCUT2D eigenvalue weighted by Crippen LogP contribution is 2.30. The molecule has 2 fully saturated rings. The summed E-state index contributed by atoms with van der Waals surface area (Å²) in [6, 6.07) is 6.98. The Bertz CT molecular complexity index is 467. The van der Waals surface area contributed by atoms with E-state index in [1.807, 2.05) is 11.0 Å². The normalized spacial score (nSPS) is 22.5. The van der Waals surface area contributed by atoms with Crippen LogP contribution >= 0.6 is 0 Å². The minimum atomic E-state index is -0.222. The maximum Gasteiger partial charge on any atom is 0.240 e. The molecule has 2 aliphatic rings. The molecule has 1 saturated carbocycles. The van der Waals surface area contributed by atoms with Gasteiger partial charge in [0.25, 0.3) is 0 Å². The Labute approximate surface area is 112 Å². The van der Waals surface area contributed by atoms with Gasteiger partial charge in [-0.05, 0) is 38.3 Å².